The molecule has 150 valence electrons. The lowest BCUT2D eigenvalue weighted by Gasteiger charge is -2.29. The van der Waals surface area contributed by atoms with Crippen molar-refractivity contribution in [3.8, 4) is 0 Å². The zero-order valence-electron chi connectivity index (χ0n) is 17.1. The maximum Gasteiger partial charge on any atom is 0.217 e. The SMILES string of the molecule is C=Cc1cc2cnc(NCC3CCC[C@@H](NC(C)=O)C3)cc2c(NC(C)C)n1. The van der Waals surface area contributed by atoms with Crippen molar-refractivity contribution in [3.05, 3.63) is 30.6 Å². The van der Waals surface area contributed by atoms with Crippen LogP contribution in [0.4, 0.5) is 11.6 Å². The molecule has 6 heteroatoms. The van der Waals surface area contributed by atoms with Crippen molar-refractivity contribution in [1.29, 1.82) is 0 Å². The number of fused-ring (bicyclic) bond motifs is 1. The molecule has 6 nitrogen and oxygen atoms in total. The second-order valence-corrected chi connectivity index (χ2v) is 8.00. The Morgan fingerprint density at radius 1 is 1.36 bits per heavy atom. The van der Waals surface area contributed by atoms with Crippen molar-refractivity contribution in [2.75, 3.05) is 17.2 Å². The van der Waals surface area contributed by atoms with Gasteiger partial charge in [-0.2, -0.15) is 0 Å². The molecule has 2 aromatic rings. The third-order valence-corrected chi connectivity index (χ3v) is 5.13. The molecule has 1 unspecified atom stereocenters. The minimum absolute atomic E-state index is 0.0615. The predicted octanol–water partition coefficient (Wildman–Crippen LogP) is 4.20. The number of pyridine rings is 2. The zero-order valence-corrected chi connectivity index (χ0v) is 17.1. The quantitative estimate of drug-likeness (QED) is 0.670. The van der Waals surface area contributed by atoms with Gasteiger partial charge in [-0.25, -0.2) is 9.97 Å². The number of carbonyl (C=O) groups excluding carboxylic acids is 1. The highest BCUT2D eigenvalue weighted by Crippen LogP contribution is 2.27. The van der Waals surface area contributed by atoms with E-state index in [0.29, 0.717) is 12.0 Å². The second kappa shape index (κ2) is 9.04. The van der Waals surface area contributed by atoms with E-state index in [1.165, 1.54) is 6.42 Å². The zero-order chi connectivity index (χ0) is 20.1. The smallest absolute Gasteiger partial charge is 0.217 e. The summed E-state index contributed by atoms with van der Waals surface area (Å²) < 4.78 is 0. The average molecular weight is 382 g/mol. The summed E-state index contributed by atoms with van der Waals surface area (Å²) in [4.78, 5) is 20.6. The maximum atomic E-state index is 11.3. The number of nitrogens with zero attached hydrogens (tertiary/aromatic N) is 2. The molecule has 28 heavy (non-hydrogen) atoms. The number of amides is 1. The van der Waals surface area contributed by atoms with Crippen molar-refractivity contribution >= 4 is 34.4 Å². The average Bonchev–Trinajstić information content (AvgIpc) is 2.65. The molecule has 0 aliphatic heterocycles. The first-order chi connectivity index (χ1) is 13.4. The van der Waals surface area contributed by atoms with E-state index in [9.17, 15) is 4.79 Å². The van der Waals surface area contributed by atoms with Crippen molar-refractivity contribution in [3.63, 3.8) is 0 Å². The molecule has 1 amide bonds. The Morgan fingerprint density at radius 3 is 2.89 bits per heavy atom. The molecule has 1 aliphatic rings. The van der Waals surface area contributed by atoms with E-state index in [1.807, 2.05) is 12.3 Å². The fourth-order valence-corrected chi connectivity index (χ4v) is 3.90. The first-order valence-electron chi connectivity index (χ1n) is 10.2. The molecule has 3 N–H and O–H groups in total. The number of rotatable bonds is 7. The molecule has 0 spiro atoms. The lowest BCUT2D eigenvalue weighted by Crippen LogP contribution is -2.38. The number of nitrogens with one attached hydrogen (secondary N) is 3. The Hall–Kier alpha value is -2.63. The Labute approximate surface area is 167 Å². The van der Waals surface area contributed by atoms with Crippen LogP contribution in [0.3, 0.4) is 0 Å². The van der Waals surface area contributed by atoms with E-state index < -0.39 is 0 Å². The van der Waals surface area contributed by atoms with Crippen LogP contribution in [0.5, 0.6) is 0 Å². The predicted molar refractivity (Wildman–Crippen MR) is 116 cm³/mol. The molecule has 2 aromatic heterocycles. The van der Waals surface area contributed by atoms with Crippen LogP contribution >= 0.6 is 0 Å². The summed E-state index contributed by atoms with van der Waals surface area (Å²) in [6.07, 6.45) is 8.07. The van der Waals surface area contributed by atoms with E-state index in [-0.39, 0.29) is 11.9 Å². The Bertz CT molecular complexity index is 848. The molecule has 0 aromatic carbocycles. The van der Waals surface area contributed by atoms with Crippen LogP contribution in [-0.2, 0) is 4.79 Å². The van der Waals surface area contributed by atoms with Gasteiger partial charge in [-0.1, -0.05) is 13.0 Å². The fraction of sp³-hybridized carbons (Fsp3) is 0.500. The van der Waals surface area contributed by atoms with Gasteiger partial charge < -0.3 is 16.0 Å². The highest BCUT2D eigenvalue weighted by molar-refractivity contribution is 5.94. The molecule has 1 fully saturated rings. The van der Waals surface area contributed by atoms with E-state index in [4.69, 9.17) is 0 Å². The van der Waals surface area contributed by atoms with Crippen LogP contribution in [0.15, 0.2) is 24.9 Å². The van der Waals surface area contributed by atoms with E-state index >= 15 is 0 Å². The number of hydrogen-bond donors (Lipinski definition) is 3. The Kier molecular flexibility index (Phi) is 6.49. The van der Waals surface area contributed by atoms with E-state index in [0.717, 1.165) is 53.9 Å². The van der Waals surface area contributed by atoms with Crippen LogP contribution < -0.4 is 16.0 Å². The van der Waals surface area contributed by atoms with Gasteiger partial charge in [0.15, 0.2) is 0 Å². The Balaban J connectivity index is 1.73. The van der Waals surface area contributed by atoms with Gasteiger partial charge in [0.2, 0.25) is 5.91 Å². The molecule has 0 bridgehead atoms. The third kappa shape index (κ3) is 5.21. The number of aromatic nitrogens is 2. The lowest BCUT2D eigenvalue weighted by atomic mass is 9.85. The van der Waals surface area contributed by atoms with Gasteiger partial charge in [0.25, 0.3) is 0 Å². The van der Waals surface area contributed by atoms with E-state index in [1.54, 1.807) is 13.0 Å². The van der Waals surface area contributed by atoms with Crippen LogP contribution in [0.2, 0.25) is 0 Å². The van der Waals surface area contributed by atoms with Gasteiger partial charge in [-0.05, 0) is 57.2 Å². The second-order valence-electron chi connectivity index (χ2n) is 8.00. The number of carbonyl (C=O) groups is 1. The highest BCUT2D eigenvalue weighted by Gasteiger charge is 2.22. The van der Waals surface area contributed by atoms with Crippen molar-refractivity contribution in [1.82, 2.24) is 15.3 Å². The van der Waals surface area contributed by atoms with Gasteiger partial charge in [0.1, 0.15) is 11.6 Å². The van der Waals surface area contributed by atoms with Crippen LogP contribution in [0, 0.1) is 5.92 Å². The summed E-state index contributed by atoms with van der Waals surface area (Å²) in [5.41, 5.74) is 0.837. The first-order valence-corrected chi connectivity index (χ1v) is 10.2. The van der Waals surface area contributed by atoms with Crippen LogP contribution in [0.1, 0.15) is 52.1 Å². The van der Waals surface area contributed by atoms with Gasteiger partial charge in [-0.15, -0.1) is 0 Å². The van der Waals surface area contributed by atoms with Gasteiger partial charge in [0, 0.05) is 42.5 Å². The standard InChI is InChI=1S/C22H31N5O/c1-5-18-10-17-13-24-21(11-20(17)22(27-18)25-14(2)3)23-12-16-7-6-8-19(9-16)26-15(4)28/h5,10-11,13-14,16,19H,1,6-9,12H2,2-4H3,(H,23,24)(H,25,27)(H,26,28)/t16?,19-/m1/s1. The van der Waals surface area contributed by atoms with Gasteiger partial charge in [0.05, 0.1) is 5.69 Å². The molecule has 0 saturated heterocycles. The topological polar surface area (TPSA) is 78.9 Å². The minimum atomic E-state index is 0.0615. The molecule has 2 atom stereocenters. The molecular formula is C22H31N5O. The monoisotopic (exact) mass is 381 g/mol. The first kappa shape index (κ1) is 20.1. The summed E-state index contributed by atoms with van der Waals surface area (Å²) in [5.74, 6) is 2.31. The largest absolute Gasteiger partial charge is 0.370 e. The summed E-state index contributed by atoms with van der Waals surface area (Å²) in [6.45, 7) is 10.5. The summed E-state index contributed by atoms with van der Waals surface area (Å²) >= 11 is 0. The molecule has 0 radical (unpaired) electrons. The van der Waals surface area contributed by atoms with E-state index in [2.05, 4.69) is 52.4 Å². The van der Waals surface area contributed by atoms with Crippen LogP contribution in [-0.4, -0.2) is 34.5 Å². The molecular weight excluding hydrogens is 350 g/mol. The number of hydrogen-bond acceptors (Lipinski definition) is 5. The highest BCUT2D eigenvalue weighted by atomic mass is 16.1. The maximum absolute atomic E-state index is 11.3. The minimum Gasteiger partial charge on any atom is -0.370 e. The number of anilines is 2. The van der Waals surface area contributed by atoms with Crippen LogP contribution in [0.25, 0.3) is 16.8 Å². The molecule has 2 heterocycles. The Morgan fingerprint density at radius 2 is 2.18 bits per heavy atom. The lowest BCUT2D eigenvalue weighted by molar-refractivity contribution is -0.119. The van der Waals surface area contributed by atoms with Crippen molar-refractivity contribution in [2.24, 2.45) is 5.92 Å². The fourth-order valence-electron chi connectivity index (χ4n) is 3.90. The summed E-state index contributed by atoms with van der Waals surface area (Å²) in [7, 11) is 0. The van der Waals surface area contributed by atoms with Crippen molar-refractivity contribution < 1.29 is 4.79 Å². The normalized spacial score (nSPS) is 19.4. The van der Waals surface area contributed by atoms with Gasteiger partial charge in [-0.3, -0.25) is 4.79 Å². The third-order valence-electron chi connectivity index (χ3n) is 5.13. The molecule has 3 rings (SSSR count). The molecule has 1 saturated carbocycles. The molecule has 1 aliphatic carbocycles. The van der Waals surface area contributed by atoms with Gasteiger partial charge >= 0.3 is 0 Å². The summed E-state index contributed by atoms with van der Waals surface area (Å²) in [6, 6.07) is 4.65. The summed E-state index contributed by atoms with van der Waals surface area (Å²) in [5, 5.41) is 12.1. The van der Waals surface area contributed by atoms with Crippen molar-refractivity contribution in [2.45, 2.75) is 58.5 Å².